The Morgan fingerprint density at radius 2 is 1.94 bits per heavy atom. The van der Waals surface area contributed by atoms with Gasteiger partial charge in [0.25, 0.3) is 0 Å². The minimum Gasteiger partial charge on any atom is -0.464 e. The molecule has 1 aromatic carbocycles. The van der Waals surface area contributed by atoms with E-state index in [0.717, 1.165) is 10.6 Å². The zero-order valence-corrected chi connectivity index (χ0v) is 10.4. The highest BCUT2D eigenvalue weighted by atomic mass is 32.1. The number of hydrogen-bond donors (Lipinski definition) is 1. The second-order valence-corrected chi connectivity index (χ2v) is 4.77. The summed E-state index contributed by atoms with van der Waals surface area (Å²) in [6.07, 6.45) is -1.02. The summed E-state index contributed by atoms with van der Waals surface area (Å²) in [5.74, 6) is 0. The lowest BCUT2D eigenvalue weighted by Gasteiger charge is -2.15. The molecule has 0 radical (unpaired) electrons. The van der Waals surface area contributed by atoms with Crippen LogP contribution < -0.4 is 4.90 Å². The molecule has 2 rings (SSSR count). The van der Waals surface area contributed by atoms with Gasteiger partial charge in [0.2, 0.25) is 0 Å². The van der Waals surface area contributed by atoms with Gasteiger partial charge in [0.1, 0.15) is 0 Å². The molecule has 88 valence electrons. The predicted octanol–water partition coefficient (Wildman–Crippen LogP) is 3.58. The van der Waals surface area contributed by atoms with Crippen molar-refractivity contribution < 1.29 is 9.90 Å². The smallest absolute Gasteiger partial charge is 0.418 e. The third kappa shape index (κ3) is 2.29. The first-order valence-electron chi connectivity index (χ1n) is 5.11. The van der Waals surface area contributed by atoms with Crippen molar-refractivity contribution in [2.45, 2.75) is 13.8 Å². The van der Waals surface area contributed by atoms with Crippen LogP contribution in [0.2, 0.25) is 0 Å². The van der Waals surface area contributed by atoms with Crippen LogP contribution in [0.1, 0.15) is 10.6 Å². The number of para-hydroxylation sites is 1. The maximum atomic E-state index is 11.3. The number of amides is 1. The molecule has 4 nitrogen and oxygen atoms in total. The third-order valence-corrected chi connectivity index (χ3v) is 3.47. The van der Waals surface area contributed by atoms with Crippen molar-refractivity contribution in [1.29, 1.82) is 0 Å². The van der Waals surface area contributed by atoms with Crippen LogP contribution in [-0.4, -0.2) is 16.2 Å². The summed E-state index contributed by atoms with van der Waals surface area (Å²) >= 11 is 1.38. The molecule has 0 saturated carbocycles. The molecule has 0 fully saturated rings. The van der Waals surface area contributed by atoms with Crippen LogP contribution in [0.4, 0.5) is 15.6 Å². The summed E-state index contributed by atoms with van der Waals surface area (Å²) < 4.78 is 0. The van der Waals surface area contributed by atoms with Gasteiger partial charge in [-0.3, -0.25) is 0 Å². The van der Waals surface area contributed by atoms with E-state index in [2.05, 4.69) is 4.98 Å². The summed E-state index contributed by atoms with van der Waals surface area (Å²) in [5.41, 5.74) is 1.47. The third-order valence-electron chi connectivity index (χ3n) is 2.41. The maximum absolute atomic E-state index is 11.3. The van der Waals surface area contributed by atoms with Crippen molar-refractivity contribution >= 4 is 28.2 Å². The molecule has 0 bridgehead atoms. The second kappa shape index (κ2) is 4.55. The van der Waals surface area contributed by atoms with E-state index in [-0.39, 0.29) is 0 Å². The molecule has 0 aliphatic carbocycles. The minimum absolute atomic E-state index is 0.485. The molecule has 0 atom stereocenters. The van der Waals surface area contributed by atoms with Gasteiger partial charge in [0.15, 0.2) is 5.13 Å². The molecule has 0 spiro atoms. The van der Waals surface area contributed by atoms with E-state index in [4.69, 9.17) is 0 Å². The molecule has 17 heavy (non-hydrogen) atoms. The van der Waals surface area contributed by atoms with Crippen LogP contribution in [-0.2, 0) is 0 Å². The lowest BCUT2D eigenvalue weighted by molar-refractivity contribution is 0.205. The Morgan fingerprint density at radius 3 is 2.41 bits per heavy atom. The Kier molecular flexibility index (Phi) is 3.10. The van der Waals surface area contributed by atoms with E-state index in [1.165, 1.54) is 16.2 Å². The van der Waals surface area contributed by atoms with E-state index in [1.54, 1.807) is 24.3 Å². The van der Waals surface area contributed by atoms with Gasteiger partial charge < -0.3 is 5.11 Å². The Morgan fingerprint density at radius 1 is 1.29 bits per heavy atom. The number of rotatable bonds is 2. The van der Waals surface area contributed by atoms with Crippen molar-refractivity contribution in [3.63, 3.8) is 0 Å². The molecule has 0 aliphatic rings. The molecule has 0 unspecified atom stereocenters. The Hall–Kier alpha value is -1.88. The summed E-state index contributed by atoms with van der Waals surface area (Å²) in [7, 11) is 0. The number of benzene rings is 1. The van der Waals surface area contributed by atoms with Gasteiger partial charge in [-0.25, -0.2) is 14.7 Å². The first-order chi connectivity index (χ1) is 8.09. The fourth-order valence-corrected chi connectivity index (χ4v) is 2.36. The fraction of sp³-hybridized carbons (Fsp3) is 0.167. The van der Waals surface area contributed by atoms with Crippen LogP contribution in [0.15, 0.2) is 30.3 Å². The van der Waals surface area contributed by atoms with Crippen LogP contribution in [0.25, 0.3) is 0 Å². The van der Waals surface area contributed by atoms with Crippen molar-refractivity contribution in [1.82, 2.24) is 4.98 Å². The van der Waals surface area contributed by atoms with Crippen LogP contribution >= 0.6 is 11.3 Å². The minimum atomic E-state index is -1.02. The summed E-state index contributed by atoms with van der Waals surface area (Å²) in [6.45, 7) is 3.81. The molecule has 1 aromatic heterocycles. The first kappa shape index (κ1) is 11.6. The quantitative estimate of drug-likeness (QED) is 0.883. The zero-order chi connectivity index (χ0) is 12.4. The molecule has 2 aromatic rings. The monoisotopic (exact) mass is 248 g/mol. The Labute approximate surface area is 103 Å². The number of hydrogen-bond acceptors (Lipinski definition) is 3. The zero-order valence-electron chi connectivity index (χ0n) is 9.54. The number of nitrogens with zero attached hydrogens (tertiary/aromatic N) is 2. The lowest BCUT2D eigenvalue weighted by atomic mass is 10.3. The van der Waals surface area contributed by atoms with Crippen LogP contribution in [0, 0.1) is 13.8 Å². The molecule has 5 heteroatoms. The second-order valence-electron chi connectivity index (χ2n) is 3.59. The number of carbonyl (C=O) groups is 1. The standard InChI is InChI=1S/C12H12N2O2S/c1-8-9(2)17-11(13-8)14(12(15)16)10-6-4-3-5-7-10/h3-7H,1-2H3,(H,15,16). The number of thiazole rings is 1. The lowest BCUT2D eigenvalue weighted by Crippen LogP contribution is -2.23. The van der Waals surface area contributed by atoms with E-state index >= 15 is 0 Å². The number of anilines is 2. The molecule has 1 N–H and O–H groups in total. The molecular weight excluding hydrogens is 236 g/mol. The van der Waals surface area contributed by atoms with E-state index in [1.807, 2.05) is 19.9 Å². The van der Waals surface area contributed by atoms with Crippen molar-refractivity contribution in [3.05, 3.63) is 40.9 Å². The average Bonchev–Trinajstić information content (AvgIpc) is 2.60. The summed E-state index contributed by atoms with van der Waals surface area (Å²) in [5, 5.41) is 9.76. The molecule has 0 aliphatic heterocycles. The molecular formula is C12H12N2O2S. The van der Waals surface area contributed by atoms with Crippen molar-refractivity contribution in [2.75, 3.05) is 4.90 Å². The molecule has 1 amide bonds. The van der Waals surface area contributed by atoms with Crippen molar-refractivity contribution in [3.8, 4) is 0 Å². The van der Waals surface area contributed by atoms with Crippen LogP contribution in [0.5, 0.6) is 0 Å². The van der Waals surface area contributed by atoms with Gasteiger partial charge in [-0.15, -0.1) is 11.3 Å². The molecule has 1 heterocycles. The fourth-order valence-electron chi connectivity index (χ4n) is 1.43. The Balaban J connectivity index is 2.47. The maximum Gasteiger partial charge on any atom is 0.418 e. The van der Waals surface area contributed by atoms with Gasteiger partial charge in [0.05, 0.1) is 11.4 Å². The first-order valence-corrected chi connectivity index (χ1v) is 5.93. The highest BCUT2D eigenvalue weighted by Gasteiger charge is 2.20. The summed E-state index contributed by atoms with van der Waals surface area (Å²) in [4.78, 5) is 17.8. The number of aromatic nitrogens is 1. The predicted molar refractivity (Wildman–Crippen MR) is 68.2 cm³/mol. The number of aryl methyl sites for hydroxylation is 2. The van der Waals surface area contributed by atoms with E-state index in [9.17, 15) is 9.90 Å². The van der Waals surface area contributed by atoms with E-state index < -0.39 is 6.09 Å². The largest absolute Gasteiger partial charge is 0.464 e. The summed E-state index contributed by atoms with van der Waals surface area (Å²) in [6, 6.07) is 8.96. The van der Waals surface area contributed by atoms with Gasteiger partial charge in [0, 0.05) is 4.88 Å². The van der Waals surface area contributed by atoms with Crippen LogP contribution in [0.3, 0.4) is 0 Å². The van der Waals surface area contributed by atoms with Gasteiger partial charge in [-0.2, -0.15) is 0 Å². The number of carboxylic acid groups (broad SMARTS) is 1. The van der Waals surface area contributed by atoms with E-state index in [0.29, 0.717) is 10.8 Å². The highest BCUT2D eigenvalue weighted by molar-refractivity contribution is 7.15. The average molecular weight is 248 g/mol. The van der Waals surface area contributed by atoms with Gasteiger partial charge in [-0.1, -0.05) is 18.2 Å². The van der Waals surface area contributed by atoms with Gasteiger partial charge >= 0.3 is 6.09 Å². The van der Waals surface area contributed by atoms with Gasteiger partial charge in [-0.05, 0) is 26.0 Å². The normalized spacial score (nSPS) is 10.2. The topological polar surface area (TPSA) is 53.4 Å². The van der Waals surface area contributed by atoms with Crippen molar-refractivity contribution in [2.24, 2.45) is 0 Å². The highest BCUT2D eigenvalue weighted by Crippen LogP contribution is 2.31. The Bertz CT molecular complexity index is 517. The molecule has 0 saturated heterocycles. The SMILES string of the molecule is Cc1nc(N(C(=O)O)c2ccccc2)sc1C.